The van der Waals surface area contributed by atoms with Crippen molar-refractivity contribution in [1.82, 2.24) is 5.32 Å². The van der Waals surface area contributed by atoms with Gasteiger partial charge in [-0.25, -0.2) is 0 Å². The SMILES string of the molecule is CC[C@H](C)[C@H](NCCOc1cccc(OC)c1)C(=O)O. The lowest BCUT2D eigenvalue weighted by Crippen LogP contribution is -2.43. The highest BCUT2D eigenvalue weighted by molar-refractivity contribution is 5.73. The second kappa shape index (κ2) is 8.43. The molecule has 0 aliphatic heterocycles. The van der Waals surface area contributed by atoms with Crippen LogP contribution in [0.2, 0.25) is 0 Å². The molecular formula is C15H23NO4. The highest BCUT2D eigenvalue weighted by atomic mass is 16.5. The van der Waals surface area contributed by atoms with E-state index in [9.17, 15) is 4.79 Å². The van der Waals surface area contributed by atoms with E-state index in [0.29, 0.717) is 18.9 Å². The topological polar surface area (TPSA) is 67.8 Å². The van der Waals surface area contributed by atoms with Crippen LogP contribution < -0.4 is 14.8 Å². The van der Waals surface area contributed by atoms with E-state index in [2.05, 4.69) is 5.32 Å². The summed E-state index contributed by atoms with van der Waals surface area (Å²) in [5.74, 6) is 0.713. The zero-order valence-corrected chi connectivity index (χ0v) is 12.3. The molecular weight excluding hydrogens is 258 g/mol. The van der Waals surface area contributed by atoms with Crippen LogP contribution in [0.25, 0.3) is 0 Å². The van der Waals surface area contributed by atoms with Crippen molar-refractivity contribution >= 4 is 5.97 Å². The average Bonchev–Trinajstić information content (AvgIpc) is 2.46. The first-order chi connectivity index (χ1) is 9.58. The smallest absolute Gasteiger partial charge is 0.320 e. The van der Waals surface area contributed by atoms with Gasteiger partial charge in [-0.05, 0) is 18.1 Å². The number of hydrogen-bond donors (Lipinski definition) is 2. The van der Waals surface area contributed by atoms with Crippen molar-refractivity contribution in [3.8, 4) is 11.5 Å². The van der Waals surface area contributed by atoms with Crippen LogP contribution in [0.3, 0.4) is 0 Å². The third kappa shape index (κ3) is 5.09. The van der Waals surface area contributed by atoms with Crippen LogP contribution in [-0.2, 0) is 4.79 Å². The second-order valence-electron chi connectivity index (χ2n) is 4.68. The zero-order chi connectivity index (χ0) is 15.0. The molecule has 0 spiro atoms. The Labute approximate surface area is 119 Å². The van der Waals surface area contributed by atoms with Crippen LogP contribution >= 0.6 is 0 Å². The summed E-state index contributed by atoms with van der Waals surface area (Å²) in [5, 5.41) is 12.2. The van der Waals surface area contributed by atoms with Gasteiger partial charge in [-0.15, -0.1) is 0 Å². The van der Waals surface area contributed by atoms with E-state index >= 15 is 0 Å². The lowest BCUT2D eigenvalue weighted by molar-refractivity contribution is -0.140. The molecule has 1 aromatic rings. The van der Waals surface area contributed by atoms with E-state index in [-0.39, 0.29) is 5.92 Å². The Morgan fingerprint density at radius 3 is 2.70 bits per heavy atom. The van der Waals surface area contributed by atoms with E-state index in [0.717, 1.165) is 12.2 Å². The summed E-state index contributed by atoms with van der Waals surface area (Å²) >= 11 is 0. The molecule has 0 unspecified atom stereocenters. The van der Waals surface area contributed by atoms with Gasteiger partial charge in [0.05, 0.1) is 7.11 Å². The minimum absolute atomic E-state index is 0.0873. The molecule has 0 heterocycles. The van der Waals surface area contributed by atoms with Crippen molar-refractivity contribution in [1.29, 1.82) is 0 Å². The van der Waals surface area contributed by atoms with Gasteiger partial charge in [0.1, 0.15) is 24.1 Å². The third-order valence-corrected chi connectivity index (χ3v) is 3.26. The molecule has 0 bridgehead atoms. The Morgan fingerprint density at radius 2 is 2.10 bits per heavy atom. The summed E-state index contributed by atoms with van der Waals surface area (Å²) < 4.78 is 10.7. The molecule has 5 heteroatoms. The first kappa shape index (κ1) is 16.3. The summed E-state index contributed by atoms with van der Waals surface area (Å²) in [7, 11) is 1.60. The van der Waals surface area contributed by atoms with Crippen LogP contribution in [0.4, 0.5) is 0 Å². The first-order valence-corrected chi connectivity index (χ1v) is 6.81. The van der Waals surface area contributed by atoms with E-state index in [1.54, 1.807) is 13.2 Å². The quantitative estimate of drug-likeness (QED) is 0.679. The predicted octanol–water partition coefficient (Wildman–Crippen LogP) is 2.16. The molecule has 0 aliphatic rings. The minimum Gasteiger partial charge on any atom is -0.497 e. The highest BCUT2D eigenvalue weighted by Gasteiger charge is 2.22. The summed E-state index contributed by atoms with van der Waals surface area (Å²) in [5.41, 5.74) is 0. The number of ether oxygens (including phenoxy) is 2. The van der Waals surface area contributed by atoms with Gasteiger partial charge in [-0.1, -0.05) is 26.3 Å². The summed E-state index contributed by atoms with van der Waals surface area (Å²) in [6, 6.07) is 6.79. The largest absolute Gasteiger partial charge is 0.497 e. The standard InChI is InChI=1S/C15H23NO4/c1-4-11(2)14(15(17)18)16-8-9-20-13-7-5-6-12(10-13)19-3/h5-7,10-11,14,16H,4,8-9H2,1-3H3,(H,17,18)/t11-,14-/m0/s1. The Balaban J connectivity index is 2.38. The van der Waals surface area contributed by atoms with Gasteiger partial charge in [0.2, 0.25) is 0 Å². The lowest BCUT2D eigenvalue weighted by Gasteiger charge is -2.20. The number of rotatable bonds is 9. The van der Waals surface area contributed by atoms with E-state index in [4.69, 9.17) is 14.6 Å². The Morgan fingerprint density at radius 1 is 1.40 bits per heavy atom. The molecule has 0 aliphatic carbocycles. The van der Waals surface area contributed by atoms with Crippen LogP contribution in [0.15, 0.2) is 24.3 Å². The molecule has 20 heavy (non-hydrogen) atoms. The molecule has 1 rings (SSSR count). The number of aliphatic carboxylic acids is 1. The maximum atomic E-state index is 11.1. The molecule has 1 aromatic carbocycles. The van der Waals surface area contributed by atoms with Crippen molar-refractivity contribution in [3.63, 3.8) is 0 Å². The number of methoxy groups -OCH3 is 1. The lowest BCUT2D eigenvalue weighted by atomic mass is 9.99. The van der Waals surface area contributed by atoms with Gasteiger partial charge in [-0.2, -0.15) is 0 Å². The molecule has 2 atom stereocenters. The van der Waals surface area contributed by atoms with Gasteiger partial charge in [0.15, 0.2) is 0 Å². The van der Waals surface area contributed by atoms with Gasteiger partial charge in [0.25, 0.3) is 0 Å². The highest BCUT2D eigenvalue weighted by Crippen LogP contribution is 2.18. The number of carboxylic acids is 1. The van der Waals surface area contributed by atoms with Gasteiger partial charge in [-0.3, -0.25) is 4.79 Å². The molecule has 0 amide bonds. The van der Waals surface area contributed by atoms with Crippen LogP contribution in [0.5, 0.6) is 11.5 Å². The molecule has 112 valence electrons. The maximum absolute atomic E-state index is 11.1. The number of hydrogen-bond acceptors (Lipinski definition) is 4. The van der Waals surface area contributed by atoms with E-state index in [1.165, 1.54) is 0 Å². The first-order valence-electron chi connectivity index (χ1n) is 6.81. The monoisotopic (exact) mass is 281 g/mol. The molecule has 0 saturated carbocycles. The average molecular weight is 281 g/mol. The summed E-state index contributed by atoms with van der Waals surface area (Å²) in [6.07, 6.45) is 0.820. The van der Waals surface area contributed by atoms with Crippen LogP contribution in [0, 0.1) is 5.92 Å². The predicted molar refractivity (Wildman–Crippen MR) is 77.4 cm³/mol. The van der Waals surface area contributed by atoms with Gasteiger partial charge >= 0.3 is 5.97 Å². The Bertz CT molecular complexity index is 422. The number of carbonyl (C=O) groups is 1. The van der Waals surface area contributed by atoms with E-state index < -0.39 is 12.0 Å². The third-order valence-electron chi connectivity index (χ3n) is 3.26. The van der Waals surface area contributed by atoms with Crippen molar-refractivity contribution in [2.75, 3.05) is 20.3 Å². The fourth-order valence-corrected chi connectivity index (χ4v) is 1.84. The molecule has 5 nitrogen and oxygen atoms in total. The number of carboxylic acid groups (broad SMARTS) is 1. The van der Waals surface area contributed by atoms with Crippen molar-refractivity contribution in [3.05, 3.63) is 24.3 Å². The molecule has 0 saturated heterocycles. The summed E-state index contributed by atoms with van der Waals surface area (Å²) in [6.45, 7) is 4.80. The van der Waals surface area contributed by atoms with Crippen LogP contribution in [0.1, 0.15) is 20.3 Å². The minimum atomic E-state index is -0.819. The summed E-state index contributed by atoms with van der Waals surface area (Å²) in [4.78, 5) is 11.1. The zero-order valence-electron chi connectivity index (χ0n) is 12.3. The van der Waals surface area contributed by atoms with Crippen LogP contribution in [-0.4, -0.2) is 37.4 Å². The number of benzene rings is 1. The fourth-order valence-electron chi connectivity index (χ4n) is 1.84. The molecule has 0 fully saturated rings. The Kier molecular flexibility index (Phi) is 6.87. The van der Waals surface area contributed by atoms with Gasteiger partial charge < -0.3 is 19.9 Å². The maximum Gasteiger partial charge on any atom is 0.320 e. The van der Waals surface area contributed by atoms with Crippen molar-refractivity contribution < 1.29 is 19.4 Å². The number of nitrogens with one attached hydrogen (secondary N) is 1. The Hall–Kier alpha value is -1.75. The van der Waals surface area contributed by atoms with Crippen molar-refractivity contribution in [2.24, 2.45) is 5.92 Å². The van der Waals surface area contributed by atoms with Crippen molar-refractivity contribution in [2.45, 2.75) is 26.3 Å². The van der Waals surface area contributed by atoms with Gasteiger partial charge in [0, 0.05) is 12.6 Å². The second-order valence-corrected chi connectivity index (χ2v) is 4.68. The van der Waals surface area contributed by atoms with E-state index in [1.807, 2.05) is 32.0 Å². The fraction of sp³-hybridized carbons (Fsp3) is 0.533. The normalized spacial score (nSPS) is 13.6. The molecule has 0 aromatic heterocycles. The molecule has 2 N–H and O–H groups in total. The molecule has 0 radical (unpaired) electrons.